The SMILES string of the molecule is C.C.COc1ccc(-c2ccc3cc(C(=O)O)ccc3c2)cc1[C]1CCCCCCC1. The quantitative estimate of drug-likeness (QED) is 0.464. The molecule has 3 aromatic carbocycles. The van der Waals surface area contributed by atoms with Crippen LogP contribution in [0.4, 0.5) is 0 Å². The summed E-state index contributed by atoms with van der Waals surface area (Å²) in [4.78, 5) is 11.2. The molecule has 1 aliphatic carbocycles. The van der Waals surface area contributed by atoms with Crippen molar-refractivity contribution in [2.45, 2.75) is 59.8 Å². The van der Waals surface area contributed by atoms with Crippen molar-refractivity contribution in [3.63, 3.8) is 0 Å². The molecule has 3 nitrogen and oxygen atoms in total. The maximum absolute atomic E-state index is 11.2. The molecule has 0 saturated heterocycles. The van der Waals surface area contributed by atoms with Gasteiger partial charge in [0.1, 0.15) is 5.75 Å². The Morgan fingerprint density at radius 2 is 1.35 bits per heavy atom. The molecule has 0 heterocycles. The third-order valence-corrected chi connectivity index (χ3v) is 5.96. The molecule has 165 valence electrons. The molecule has 0 amide bonds. The van der Waals surface area contributed by atoms with Crippen molar-refractivity contribution in [1.29, 1.82) is 0 Å². The monoisotopic (exact) mass is 419 g/mol. The second-order valence-electron chi connectivity index (χ2n) is 7.87. The van der Waals surface area contributed by atoms with Crippen LogP contribution in [0.5, 0.6) is 5.75 Å². The van der Waals surface area contributed by atoms with Crippen molar-refractivity contribution in [3.05, 3.63) is 71.6 Å². The van der Waals surface area contributed by atoms with Gasteiger partial charge in [0, 0.05) is 11.5 Å². The fourth-order valence-corrected chi connectivity index (χ4v) is 4.32. The zero-order chi connectivity index (χ0) is 20.2. The number of carboxylic acids is 1. The van der Waals surface area contributed by atoms with Crippen LogP contribution in [-0.4, -0.2) is 18.2 Å². The van der Waals surface area contributed by atoms with Crippen molar-refractivity contribution in [2.75, 3.05) is 7.11 Å². The number of benzene rings is 3. The number of hydrogen-bond acceptors (Lipinski definition) is 2. The smallest absolute Gasteiger partial charge is 0.335 e. The Morgan fingerprint density at radius 1 is 0.774 bits per heavy atom. The number of aromatic carboxylic acids is 1. The Kier molecular flexibility index (Phi) is 8.67. The van der Waals surface area contributed by atoms with Crippen LogP contribution in [0.3, 0.4) is 0 Å². The summed E-state index contributed by atoms with van der Waals surface area (Å²) in [6, 6.07) is 17.9. The lowest BCUT2D eigenvalue weighted by molar-refractivity contribution is 0.0697. The molecule has 0 aromatic heterocycles. The van der Waals surface area contributed by atoms with Gasteiger partial charge in [-0.1, -0.05) is 71.2 Å². The van der Waals surface area contributed by atoms with Crippen LogP contribution in [-0.2, 0) is 0 Å². The van der Waals surface area contributed by atoms with E-state index in [1.807, 2.05) is 12.1 Å². The minimum absolute atomic E-state index is 0. The van der Waals surface area contributed by atoms with Gasteiger partial charge in [0.05, 0.1) is 12.7 Å². The Bertz CT molecular complexity index is 1010. The second-order valence-corrected chi connectivity index (χ2v) is 7.87. The van der Waals surface area contributed by atoms with Crippen molar-refractivity contribution in [3.8, 4) is 16.9 Å². The van der Waals surface area contributed by atoms with Gasteiger partial charge in [-0.05, 0) is 65.1 Å². The van der Waals surface area contributed by atoms with Gasteiger partial charge in [-0.25, -0.2) is 4.79 Å². The van der Waals surface area contributed by atoms with Gasteiger partial charge in [-0.2, -0.15) is 0 Å². The van der Waals surface area contributed by atoms with E-state index in [4.69, 9.17) is 4.74 Å². The number of carboxylic acid groups (broad SMARTS) is 1. The van der Waals surface area contributed by atoms with E-state index >= 15 is 0 Å². The minimum atomic E-state index is -0.896. The number of ether oxygens (including phenoxy) is 1. The molecular weight excluding hydrogens is 384 g/mol. The molecule has 1 radical (unpaired) electrons. The predicted molar refractivity (Wildman–Crippen MR) is 131 cm³/mol. The van der Waals surface area contributed by atoms with Crippen LogP contribution in [0, 0.1) is 5.92 Å². The highest BCUT2D eigenvalue weighted by atomic mass is 16.5. The Hall–Kier alpha value is -2.81. The molecule has 0 bridgehead atoms. The number of hydrogen-bond donors (Lipinski definition) is 1. The molecule has 3 aromatic rings. The van der Waals surface area contributed by atoms with Crippen LogP contribution in [0.1, 0.15) is 75.7 Å². The van der Waals surface area contributed by atoms with Crippen molar-refractivity contribution >= 4 is 16.7 Å². The Morgan fingerprint density at radius 3 is 2.03 bits per heavy atom. The summed E-state index contributed by atoms with van der Waals surface area (Å²) < 4.78 is 5.69. The van der Waals surface area contributed by atoms with Crippen molar-refractivity contribution < 1.29 is 14.6 Å². The highest BCUT2D eigenvalue weighted by Gasteiger charge is 2.19. The third-order valence-electron chi connectivity index (χ3n) is 5.96. The number of fused-ring (bicyclic) bond motifs is 1. The van der Waals surface area contributed by atoms with E-state index in [1.54, 1.807) is 19.2 Å². The summed E-state index contributed by atoms with van der Waals surface area (Å²) in [5.41, 5.74) is 3.86. The summed E-state index contributed by atoms with van der Waals surface area (Å²) >= 11 is 0. The maximum atomic E-state index is 11.2. The van der Waals surface area contributed by atoms with Crippen LogP contribution < -0.4 is 4.74 Å². The standard InChI is InChI=1S/C26H27O3.2CH4/c1-29-25-14-13-22(17-24(25)18-7-5-3-2-4-6-8-18)20-9-10-21-16-23(26(27)28)12-11-19(21)15-20;;/h9-17H,2-8H2,1H3,(H,27,28);2*1H4. The second kappa shape index (κ2) is 11.0. The molecule has 1 saturated carbocycles. The predicted octanol–water partition coefficient (Wildman–Crippen LogP) is 8.15. The fraction of sp³-hybridized carbons (Fsp3) is 0.357. The van der Waals surface area contributed by atoms with Crippen LogP contribution >= 0.6 is 0 Å². The normalized spacial score (nSPS) is 14.6. The van der Waals surface area contributed by atoms with E-state index in [2.05, 4.69) is 30.3 Å². The lowest BCUT2D eigenvalue weighted by atomic mass is 9.84. The largest absolute Gasteiger partial charge is 0.496 e. The summed E-state index contributed by atoms with van der Waals surface area (Å²) in [6.07, 6.45) is 8.79. The molecule has 0 atom stereocenters. The Balaban J connectivity index is 0.00000171. The average Bonchev–Trinajstić information content (AvgIpc) is 2.72. The summed E-state index contributed by atoms with van der Waals surface area (Å²) in [5.74, 6) is 1.57. The van der Waals surface area contributed by atoms with Gasteiger partial charge in [0.25, 0.3) is 0 Å². The molecule has 1 aliphatic rings. The van der Waals surface area contributed by atoms with E-state index in [-0.39, 0.29) is 14.9 Å². The first kappa shape index (κ1) is 24.5. The molecule has 1 N–H and O–H groups in total. The van der Waals surface area contributed by atoms with Gasteiger partial charge in [0.2, 0.25) is 0 Å². The highest BCUT2D eigenvalue weighted by Crippen LogP contribution is 2.38. The van der Waals surface area contributed by atoms with E-state index in [0.29, 0.717) is 5.56 Å². The van der Waals surface area contributed by atoms with Crippen molar-refractivity contribution in [2.24, 2.45) is 0 Å². The zero-order valence-electron chi connectivity index (χ0n) is 16.9. The molecule has 3 heteroatoms. The average molecular weight is 420 g/mol. The van der Waals surface area contributed by atoms with Crippen LogP contribution in [0.2, 0.25) is 0 Å². The molecule has 31 heavy (non-hydrogen) atoms. The van der Waals surface area contributed by atoms with E-state index in [9.17, 15) is 9.90 Å². The highest BCUT2D eigenvalue weighted by molar-refractivity contribution is 5.95. The number of rotatable bonds is 4. The fourth-order valence-electron chi connectivity index (χ4n) is 4.32. The van der Waals surface area contributed by atoms with Gasteiger partial charge >= 0.3 is 5.97 Å². The Labute approximate surface area is 187 Å². The first-order valence-electron chi connectivity index (χ1n) is 10.5. The van der Waals surface area contributed by atoms with E-state index in [1.165, 1.54) is 49.1 Å². The molecule has 1 fully saturated rings. The van der Waals surface area contributed by atoms with Gasteiger partial charge in [-0.3, -0.25) is 0 Å². The topological polar surface area (TPSA) is 46.5 Å². The lowest BCUT2D eigenvalue weighted by Gasteiger charge is -2.22. The molecule has 0 aliphatic heterocycles. The van der Waals surface area contributed by atoms with Gasteiger partial charge < -0.3 is 9.84 Å². The molecule has 4 rings (SSSR count). The summed E-state index contributed by atoms with van der Waals surface area (Å²) in [7, 11) is 1.75. The van der Waals surface area contributed by atoms with E-state index in [0.717, 1.165) is 34.9 Å². The lowest BCUT2D eigenvalue weighted by Crippen LogP contribution is -2.05. The number of methoxy groups -OCH3 is 1. The van der Waals surface area contributed by atoms with Crippen LogP contribution in [0.15, 0.2) is 54.6 Å². The first-order valence-corrected chi connectivity index (χ1v) is 10.5. The van der Waals surface area contributed by atoms with E-state index < -0.39 is 5.97 Å². The molecular formula is C28H35O3. The van der Waals surface area contributed by atoms with Gasteiger partial charge in [-0.15, -0.1) is 0 Å². The number of carbonyl (C=O) groups is 1. The third kappa shape index (κ3) is 5.46. The van der Waals surface area contributed by atoms with Crippen LogP contribution in [0.25, 0.3) is 21.9 Å². The molecule has 0 spiro atoms. The minimum Gasteiger partial charge on any atom is -0.496 e. The van der Waals surface area contributed by atoms with Gasteiger partial charge in [0.15, 0.2) is 0 Å². The van der Waals surface area contributed by atoms with Crippen molar-refractivity contribution in [1.82, 2.24) is 0 Å². The first-order chi connectivity index (χ1) is 14.2. The zero-order valence-corrected chi connectivity index (χ0v) is 16.9. The molecule has 0 unspecified atom stereocenters. The maximum Gasteiger partial charge on any atom is 0.335 e. The summed E-state index contributed by atoms with van der Waals surface area (Å²) in [5, 5.41) is 11.2. The summed E-state index contributed by atoms with van der Waals surface area (Å²) in [6.45, 7) is 0.